The SMILES string of the molecule is CC(C)CN(C[C@@H](O)C(Cc1ccccc1)NC(=O)[C@H](C)CS(=O)(=O)C[C@H]1CCCN1)S(=O)(=O)c1ccc2scnc2c1. The van der Waals surface area contributed by atoms with Gasteiger partial charge in [-0.1, -0.05) is 51.1 Å². The Morgan fingerprint density at radius 2 is 1.86 bits per heavy atom. The van der Waals surface area contributed by atoms with Gasteiger partial charge in [0, 0.05) is 25.0 Å². The summed E-state index contributed by atoms with van der Waals surface area (Å²) in [4.78, 5) is 17.6. The number of benzene rings is 2. The predicted molar refractivity (Wildman–Crippen MR) is 170 cm³/mol. The third-order valence-electron chi connectivity index (χ3n) is 7.56. The van der Waals surface area contributed by atoms with Crippen molar-refractivity contribution in [1.82, 2.24) is 19.9 Å². The van der Waals surface area contributed by atoms with E-state index in [1.165, 1.54) is 21.7 Å². The molecule has 0 radical (unpaired) electrons. The van der Waals surface area contributed by atoms with Gasteiger partial charge in [-0.15, -0.1) is 11.3 Å². The Morgan fingerprint density at radius 1 is 1.12 bits per heavy atom. The Kier molecular flexibility index (Phi) is 11.3. The van der Waals surface area contributed by atoms with Gasteiger partial charge < -0.3 is 15.7 Å². The van der Waals surface area contributed by atoms with E-state index in [4.69, 9.17) is 0 Å². The lowest BCUT2D eigenvalue weighted by atomic mass is 10.00. The molecule has 4 atom stereocenters. The average Bonchev–Trinajstić information content (AvgIpc) is 3.63. The molecule has 1 aliphatic rings. The number of sulfonamides is 1. The summed E-state index contributed by atoms with van der Waals surface area (Å²) < 4.78 is 55.4. The van der Waals surface area contributed by atoms with Crippen molar-refractivity contribution in [2.45, 2.75) is 63.1 Å². The van der Waals surface area contributed by atoms with E-state index in [0.717, 1.165) is 29.6 Å². The van der Waals surface area contributed by atoms with Crippen molar-refractivity contribution in [3.63, 3.8) is 0 Å². The molecule has 13 heteroatoms. The molecule has 1 aromatic heterocycles. The number of aromatic nitrogens is 1. The van der Waals surface area contributed by atoms with E-state index in [2.05, 4.69) is 15.6 Å². The third kappa shape index (κ3) is 9.29. The number of fused-ring (bicyclic) bond motifs is 1. The lowest BCUT2D eigenvalue weighted by Gasteiger charge is -2.31. The zero-order chi connectivity index (χ0) is 31.2. The quantitative estimate of drug-likeness (QED) is 0.228. The first-order valence-corrected chi connectivity index (χ1v) is 18.8. The molecule has 1 saturated heterocycles. The summed E-state index contributed by atoms with van der Waals surface area (Å²) in [6.45, 7) is 6.04. The first kappa shape index (κ1) is 33.5. The molecule has 0 bridgehead atoms. The molecule has 0 spiro atoms. The van der Waals surface area contributed by atoms with Crippen LogP contribution in [-0.2, 0) is 31.1 Å². The standard InChI is InChI=1S/C30H42N4O6S3/c1-21(2)16-34(43(39,40)25-11-12-29-27(15-25)32-20-41-29)17-28(35)26(14-23-8-5-4-6-9-23)33-30(36)22(3)18-42(37,38)19-24-10-7-13-31-24/h4-6,8-9,11-12,15,20-22,24,26,28,31,35H,7,10,13-14,16-19H2,1-3H3,(H,33,36)/t22-,24-,26?,28-/m1/s1. The highest BCUT2D eigenvalue weighted by Crippen LogP contribution is 2.25. The molecule has 0 saturated carbocycles. The van der Waals surface area contributed by atoms with Crippen LogP contribution in [0.4, 0.5) is 0 Å². The minimum absolute atomic E-state index is 0.0184. The molecule has 3 aromatic rings. The van der Waals surface area contributed by atoms with E-state index in [1.54, 1.807) is 24.6 Å². The highest BCUT2D eigenvalue weighted by atomic mass is 32.2. The van der Waals surface area contributed by atoms with Crippen molar-refractivity contribution in [2.24, 2.45) is 11.8 Å². The Bertz CT molecular complexity index is 1570. The summed E-state index contributed by atoms with van der Waals surface area (Å²) >= 11 is 1.42. The van der Waals surface area contributed by atoms with E-state index in [-0.39, 0.29) is 47.9 Å². The molecule has 1 amide bonds. The van der Waals surface area contributed by atoms with Crippen molar-refractivity contribution in [1.29, 1.82) is 0 Å². The Hall–Kier alpha value is -2.42. The number of nitrogens with one attached hydrogen (secondary N) is 2. The van der Waals surface area contributed by atoms with E-state index in [9.17, 15) is 26.7 Å². The fourth-order valence-corrected chi connectivity index (χ4v) is 9.62. The second kappa shape index (κ2) is 14.6. The minimum atomic E-state index is -4.01. The van der Waals surface area contributed by atoms with Crippen molar-refractivity contribution >= 4 is 47.3 Å². The first-order valence-electron chi connectivity index (χ1n) is 14.6. The topological polar surface area (TPSA) is 146 Å². The van der Waals surface area contributed by atoms with Gasteiger partial charge in [0.15, 0.2) is 9.84 Å². The van der Waals surface area contributed by atoms with E-state index >= 15 is 0 Å². The highest BCUT2D eigenvalue weighted by molar-refractivity contribution is 7.91. The summed E-state index contributed by atoms with van der Waals surface area (Å²) in [6, 6.07) is 13.1. The smallest absolute Gasteiger partial charge is 0.243 e. The number of carbonyl (C=O) groups excluding carboxylic acids is 1. The van der Waals surface area contributed by atoms with Crippen LogP contribution in [0.1, 0.15) is 39.2 Å². The number of amides is 1. The predicted octanol–water partition coefficient (Wildman–Crippen LogP) is 2.83. The van der Waals surface area contributed by atoms with Crippen LogP contribution in [-0.4, -0.2) is 86.5 Å². The molecule has 1 fully saturated rings. The molecule has 10 nitrogen and oxygen atoms in total. The van der Waals surface area contributed by atoms with Crippen LogP contribution in [0, 0.1) is 11.8 Å². The van der Waals surface area contributed by atoms with Gasteiger partial charge in [0.25, 0.3) is 0 Å². The van der Waals surface area contributed by atoms with Gasteiger partial charge in [-0.05, 0) is 55.5 Å². The van der Waals surface area contributed by atoms with Gasteiger partial charge in [-0.25, -0.2) is 21.8 Å². The van der Waals surface area contributed by atoms with E-state index in [1.807, 2.05) is 44.2 Å². The van der Waals surface area contributed by atoms with Crippen LogP contribution >= 0.6 is 11.3 Å². The summed E-state index contributed by atoms with van der Waals surface area (Å²) in [7, 11) is -7.50. The van der Waals surface area contributed by atoms with Crippen LogP contribution in [0.5, 0.6) is 0 Å². The number of rotatable bonds is 15. The second-order valence-electron chi connectivity index (χ2n) is 11.8. The number of aliphatic hydroxyl groups excluding tert-OH is 1. The van der Waals surface area contributed by atoms with Gasteiger partial charge in [-0.3, -0.25) is 4.79 Å². The molecule has 43 heavy (non-hydrogen) atoms. The van der Waals surface area contributed by atoms with Crippen LogP contribution < -0.4 is 10.6 Å². The number of hydrogen-bond donors (Lipinski definition) is 3. The number of sulfone groups is 1. The Labute approximate surface area is 258 Å². The molecular weight excluding hydrogens is 609 g/mol. The van der Waals surface area contributed by atoms with Crippen molar-refractivity contribution < 1.29 is 26.7 Å². The average molecular weight is 651 g/mol. The highest BCUT2D eigenvalue weighted by Gasteiger charge is 2.33. The zero-order valence-electron chi connectivity index (χ0n) is 24.8. The van der Waals surface area contributed by atoms with Gasteiger partial charge in [-0.2, -0.15) is 4.31 Å². The molecule has 1 unspecified atom stereocenters. The summed E-state index contributed by atoms with van der Waals surface area (Å²) in [5.41, 5.74) is 3.08. The maximum absolute atomic E-state index is 13.8. The largest absolute Gasteiger partial charge is 0.390 e. The molecule has 2 heterocycles. The normalized spacial score (nSPS) is 18.2. The lowest BCUT2D eigenvalue weighted by molar-refractivity contribution is -0.125. The summed E-state index contributed by atoms with van der Waals surface area (Å²) in [5, 5.41) is 17.5. The fourth-order valence-electron chi connectivity index (χ4n) is 5.37. The number of nitrogens with zero attached hydrogens (tertiary/aromatic N) is 2. The van der Waals surface area contributed by atoms with Gasteiger partial charge >= 0.3 is 0 Å². The van der Waals surface area contributed by atoms with Crippen LogP contribution in [0.2, 0.25) is 0 Å². The number of aliphatic hydroxyl groups is 1. The van der Waals surface area contributed by atoms with Gasteiger partial charge in [0.05, 0.1) is 44.3 Å². The maximum Gasteiger partial charge on any atom is 0.243 e. The van der Waals surface area contributed by atoms with Crippen LogP contribution in [0.25, 0.3) is 10.2 Å². The third-order valence-corrected chi connectivity index (χ3v) is 12.1. The molecule has 2 aromatic carbocycles. The molecule has 0 aliphatic carbocycles. The Morgan fingerprint density at radius 3 is 2.53 bits per heavy atom. The van der Waals surface area contributed by atoms with Crippen LogP contribution in [0.15, 0.2) is 58.9 Å². The minimum Gasteiger partial charge on any atom is -0.390 e. The van der Waals surface area contributed by atoms with Crippen molar-refractivity contribution in [3.05, 3.63) is 59.6 Å². The second-order valence-corrected chi connectivity index (χ2v) is 16.8. The zero-order valence-corrected chi connectivity index (χ0v) is 27.3. The number of carbonyl (C=O) groups is 1. The Balaban J connectivity index is 1.53. The van der Waals surface area contributed by atoms with Crippen LogP contribution in [0.3, 0.4) is 0 Å². The molecular formula is C30H42N4O6S3. The van der Waals surface area contributed by atoms with E-state index in [0.29, 0.717) is 5.52 Å². The molecule has 3 N–H and O–H groups in total. The molecule has 1 aliphatic heterocycles. The monoisotopic (exact) mass is 650 g/mol. The van der Waals surface area contributed by atoms with Crippen molar-refractivity contribution in [2.75, 3.05) is 31.1 Å². The van der Waals surface area contributed by atoms with Crippen molar-refractivity contribution in [3.8, 4) is 0 Å². The first-order chi connectivity index (χ1) is 20.3. The van der Waals surface area contributed by atoms with E-state index < -0.39 is 43.8 Å². The molecule has 236 valence electrons. The maximum atomic E-state index is 13.8. The number of thiazole rings is 1. The van der Waals surface area contributed by atoms with Gasteiger partial charge in [0.1, 0.15) is 0 Å². The molecule has 4 rings (SSSR count). The van der Waals surface area contributed by atoms with Gasteiger partial charge in [0.2, 0.25) is 15.9 Å². The summed E-state index contributed by atoms with van der Waals surface area (Å²) in [5.74, 6) is -1.72. The fraction of sp³-hybridized carbons (Fsp3) is 0.533. The summed E-state index contributed by atoms with van der Waals surface area (Å²) in [6.07, 6.45) is 0.684. The lowest BCUT2D eigenvalue weighted by Crippen LogP contribution is -2.52. The number of hydrogen-bond acceptors (Lipinski definition) is 9.